The number of benzene rings is 1. The van der Waals surface area contributed by atoms with Crippen molar-refractivity contribution in [3.05, 3.63) is 60.3 Å². The van der Waals surface area contributed by atoms with Gasteiger partial charge in [0.05, 0.1) is 5.69 Å². The molecular weight excluding hydrogens is 395 g/mol. The first-order valence-electron chi connectivity index (χ1n) is 10.7. The predicted molar refractivity (Wildman–Crippen MR) is 117 cm³/mol. The molecule has 0 aliphatic carbocycles. The zero-order valence-electron chi connectivity index (χ0n) is 17.7. The molecule has 0 atom stereocenters. The van der Waals surface area contributed by atoms with Crippen molar-refractivity contribution in [3.8, 4) is 11.3 Å². The highest BCUT2D eigenvalue weighted by atomic mass is 19.1. The average molecular weight is 423 g/mol. The Morgan fingerprint density at radius 2 is 1.90 bits per heavy atom. The molecule has 1 aliphatic heterocycles. The van der Waals surface area contributed by atoms with Crippen molar-refractivity contribution in [3.63, 3.8) is 0 Å². The average Bonchev–Trinajstić information content (AvgIpc) is 3.28. The summed E-state index contributed by atoms with van der Waals surface area (Å²) in [5.74, 6) is 0.750. The number of carbonyl (C=O) groups excluding carboxylic acids is 1. The maximum absolute atomic E-state index is 13.1. The Bertz CT molecular complexity index is 983. The van der Waals surface area contributed by atoms with Gasteiger partial charge in [0.2, 0.25) is 11.9 Å². The van der Waals surface area contributed by atoms with E-state index in [-0.39, 0.29) is 17.6 Å². The van der Waals surface area contributed by atoms with Gasteiger partial charge in [-0.05, 0) is 62.1 Å². The second-order valence-corrected chi connectivity index (χ2v) is 7.96. The van der Waals surface area contributed by atoms with Crippen molar-refractivity contribution in [2.45, 2.75) is 25.7 Å². The highest BCUT2D eigenvalue weighted by Crippen LogP contribution is 2.22. The molecule has 1 amide bonds. The lowest BCUT2D eigenvalue weighted by atomic mass is 9.95. The standard InChI is InChI=1S/C23H27FN6O/c1-29(22(31)18-9-14-30(15-10-18)23-25-11-3-12-26-23)13-2-4-20-16-21(28-27-20)17-5-7-19(24)8-6-17/h3,5-8,11-12,16,18H,2,4,9-10,13-15H2,1H3,(H,27,28). The highest BCUT2D eigenvalue weighted by Gasteiger charge is 2.27. The van der Waals surface area contributed by atoms with Crippen molar-refractivity contribution in [2.75, 3.05) is 31.6 Å². The summed E-state index contributed by atoms with van der Waals surface area (Å²) in [5, 5.41) is 7.35. The molecule has 1 aromatic carbocycles. The fourth-order valence-electron chi connectivity index (χ4n) is 3.97. The van der Waals surface area contributed by atoms with Crippen LogP contribution in [0.3, 0.4) is 0 Å². The minimum absolute atomic E-state index is 0.0576. The van der Waals surface area contributed by atoms with E-state index < -0.39 is 0 Å². The van der Waals surface area contributed by atoms with Crippen molar-refractivity contribution in [1.29, 1.82) is 0 Å². The molecule has 1 saturated heterocycles. The smallest absolute Gasteiger partial charge is 0.225 e. The van der Waals surface area contributed by atoms with E-state index in [1.54, 1.807) is 24.5 Å². The van der Waals surface area contributed by atoms with Crippen LogP contribution in [-0.4, -0.2) is 57.7 Å². The summed E-state index contributed by atoms with van der Waals surface area (Å²) < 4.78 is 13.1. The second kappa shape index (κ2) is 9.68. The molecule has 31 heavy (non-hydrogen) atoms. The normalized spacial score (nSPS) is 14.6. The van der Waals surface area contributed by atoms with Gasteiger partial charge >= 0.3 is 0 Å². The maximum atomic E-state index is 13.1. The minimum atomic E-state index is -0.258. The van der Waals surface area contributed by atoms with Crippen molar-refractivity contribution in [2.24, 2.45) is 5.92 Å². The van der Waals surface area contributed by atoms with Crippen LogP contribution in [-0.2, 0) is 11.2 Å². The number of rotatable bonds is 7. The van der Waals surface area contributed by atoms with Crippen LogP contribution in [0.25, 0.3) is 11.3 Å². The molecule has 4 rings (SSSR count). The van der Waals surface area contributed by atoms with Crippen LogP contribution < -0.4 is 4.90 Å². The Balaban J connectivity index is 1.22. The number of aromatic nitrogens is 4. The number of carbonyl (C=O) groups is 1. The number of hydrogen-bond donors (Lipinski definition) is 1. The van der Waals surface area contributed by atoms with Gasteiger partial charge in [-0.25, -0.2) is 14.4 Å². The minimum Gasteiger partial charge on any atom is -0.346 e. The zero-order chi connectivity index (χ0) is 21.6. The van der Waals surface area contributed by atoms with Gasteiger partial charge in [0.1, 0.15) is 5.82 Å². The molecule has 1 fully saturated rings. The van der Waals surface area contributed by atoms with E-state index in [1.807, 2.05) is 24.1 Å². The van der Waals surface area contributed by atoms with E-state index in [1.165, 1.54) is 12.1 Å². The molecule has 3 heterocycles. The lowest BCUT2D eigenvalue weighted by molar-refractivity contribution is -0.134. The number of nitrogens with zero attached hydrogens (tertiary/aromatic N) is 5. The monoisotopic (exact) mass is 422 g/mol. The Kier molecular flexibility index (Phi) is 6.54. The third-order valence-corrected chi connectivity index (χ3v) is 5.77. The highest BCUT2D eigenvalue weighted by molar-refractivity contribution is 5.78. The van der Waals surface area contributed by atoms with E-state index in [0.29, 0.717) is 6.54 Å². The van der Waals surface area contributed by atoms with Crippen LogP contribution in [0.1, 0.15) is 25.0 Å². The number of halogens is 1. The zero-order valence-corrected chi connectivity index (χ0v) is 17.7. The Hall–Kier alpha value is -3.29. The summed E-state index contributed by atoms with van der Waals surface area (Å²) >= 11 is 0. The molecule has 0 unspecified atom stereocenters. The molecule has 162 valence electrons. The third-order valence-electron chi connectivity index (χ3n) is 5.77. The van der Waals surface area contributed by atoms with Gasteiger partial charge in [0, 0.05) is 56.3 Å². The molecule has 7 nitrogen and oxygen atoms in total. The Labute approximate surface area is 181 Å². The molecule has 0 bridgehead atoms. The van der Waals surface area contributed by atoms with E-state index in [0.717, 1.165) is 61.7 Å². The first kappa shape index (κ1) is 21.0. The van der Waals surface area contributed by atoms with Gasteiger partial charge in [-0.3, -0.25) is 9.89 Å². The van der Waals surface area contributed by atoms with Gasteiger partial charge in [0.15, 0.2) is 0 Å². The van der Waals surface area contributed by atoms with Crippen LogP contribution in [0.4, 0.5) is 10.3 Å². The predicted octanol–water partition coefficient (Wildman–Crippen LogP) is 3.31. The second-order valence-electron chi connectivity index (χ2n) is 7.96. The summed E-state index contributed by atoms with van der Waals surface area (Å²) in [6, 6.07) is 10.1. The molecular formula is C23H27FN6O. The van der Waals surface area contributed by atoms with Gasteiger partial charge in [0.25, 0.3) is 0 Å². The van der Waals surface area contributed by atoms with Crippen LogP contribution >= 0.6 is 0 Å². The number of H-pyrrole nitrogens is 1. The van der Waals surface area contributed by atoms with Crippen molar-refractivity contribution in [1.82, 2.24) is 25.1 Å². The van der Waals surface area contributed by atoms with Crippen LogP contribution in [0.15, 0.2) is 48.8 Å². The van der Waals surface area contributed by atoms with Gasteiger partial charge in [-0.15, -0.1) is 0 Å². The molecule has 8 heteroatoms. The van der Waals surface area contributed by atoms with Gasteiger partial charge in [-0.1, -0.05) is 0 Å². The molecule has 0 saturated carbocycles. The summed E-state index contributed by atoms with van der Waals surface area (Å²) in [4.78, 5) is 25.4. The molecule has 2 aromatic heterocycles. The Morgan fingerprint density at radius 1 is 1.19 bits per heavy atom. The van der Waals surface area contributed by atoms with E-state index >= 15 is 0 Å². The summed E-state index contributed by atoms with van der Waals surface area (Å²) in [6.07, 6.45) is 6.79. The lowest BCUT2D eigenvalue weighted by Gasteiger charge is -2.33. The number of aromatic amines is 1. The third kappa shape index (κ3) is 5.25. The lowest BCUT2D eigenvalue weighted by Crippen LogP contribution is -2.42. The van der Waals surface area contributed by atoms with Crippen LogP contribution in [0, 0.1) is 11.7 Å². The SMILES string of the molecule is CN(CCCc1cc(-c2ccc(F)cc2)n[nH]1)C(=O)C1CCN(c2ncccn2)CC1. The molecule has 1 N–H and O–H groups in total. The summed E-state index contributed by atoms with van der Waals surface area (Å²) in [6.45, 7) is 2.30. The fourth-order valence-corrected chi connectivity index (χ4v) is 3.97. The van der Waals surface area contributed by atoms with Gasteiger partial charge in [-0.2, -0.15) is 5.10 Å². The number of anilines is 1. The van der Waals surface area contributed by atoms with Crippen molar-refractivity contribution < 1.29 is 9.18 Å². The largest absolute Gasteiger partial charge is 0.346 e. The van der Waals surface area contributed by atoms with Crippen LogP contribution in [0.2, 0.25) is 0 Å². The maximum Gasteiger partial charge on any atom is 0.225 e. The van der Waals surface area contributed by atoms with Crippen molar-refractivity contribution >= 4 is 11.9 Å². The molecule has 3 aromatic rings. The number of hydrogen-bond acceptors (Lipinski definition) is 5. The summed E-state index contributed by atoms with van der Waals surface area (Å²) in [7, 11) is 1.88. The summed E-state index contributed by atoms with van der Waals surface area (Å²) in [5.41, 5.74) is 2.69. The van der Waals surface area contributed by atoms with Crippen LogP contribution in [0.5, 0.6) is 0 Å². The van der Waals surface area contributed by atoms with E-state index in [4.69, 9.17) is 0 Å². The van der Waals surface area contributed by atoms with E-state index in [2.05, 4.69) is 25.1 Å². The fraction of sp³-hybridized carbons (Fsp3) is 0.391. The number of amides is 1. The number of aryl methyl sites for hydroxylation is 1. The van der Waals surface area contributed by atoms with Gasteiger partial charge < -0.3 is 9.80 Å². The molecule has 1 aliphatic rings. The van der Waals surface area contributed by atoms with E-state index in [9.17, 15) is 9.18 Å². The molecule has 0 radical (unpaired) electrons. The molecule has 0 spiro atoms. The first-order chi connectivity index (χ1) is 15.1. The quantitative estimate of drug-likeness (QED) is 0.632. The topological polar surface area (TPSA) is 78.0 Å². The Morgan fingerprint density at radius 3 is 2.61 bits per heavy atom. The number of piperidine rings is 1. The first-order valence-corrected chi connectivity index (χ1v) is 10.7. The number of nitrogens with one attached hydrogen (secondary N) is 1.